The molecule has 0 aliphatic carbocycles. The Morgan fingerprint density at radius 1 is 0.943 bits per heavy atom. The van der Waals surface area contributed by atoms with Crippen molar-refractivity contribution in [1.82, 2.24) is 4.90 Å². The molecule has 2 heterocycles. The minimum Gasteiger partial charge on any atom is -0.460 e. The van der Waals surface area contributed by atoms with E-state index in [2.05, 4.69) is 0 Å². The molecule has 1 saturated heterocycles. The first kappa shape index (κ1) is 23.1. The van der Waals surface area contributed by atoms with Gasteiger partial charge in [-0.15, -0.1) is 0 Å². The van der Waals surface area contributed by atoms with Crippen LogP contribution in [0.2, 0.25) is 0 Å². The van der Waals surface area contributed by atoms with E-state index >= 15 is 4.39 Å². The molecule has 5 rings (SSSR count). The molecule has 0 saturated carbocycles. The third kappa shape index (κ3) is 4.55. The van der Waals surface area contributed by atoms with Gasteiger partial charge in [-0.25, -0.2) is 17.6 Å². The third-order valence-corrected chi connectivity index (χ3v) is 6.46. The summed E-state index contributed by atoms with van der Waals surface area (Å²) in [6.45, 7) is 1.82. The zero-order chi connectivity index (χ0) is 24.7. The molecule has 1 fully saturated rings. The molecule has 1 aromatic heterocycles. The lowest BCUT2D eigenvalue weighted by Crippen LogP contribution is -2.42. The van der Waals surface area contributed by atoms with Crippen LogP contribution in [0, 0.1) is 11.6 Å². The van der Waals surface area contributed by atoms with Crippen molar-refractivity contribution in [3.8, 4) is 22.3 Å². The van der Waals surface area contributed by atoms with E-state index in [1.165, 1.54) is 29.2 Å². The van der Waals surface area contributed by atoms with Crippen molar-refractivity contribution in [2.75, 3.05) is 13.1 Å². The minimum absolute atomic E-state index is 0.0664. The van der Waals surface area contributed by atoms with Gasteiger partial charge < -0.3 is 9.32 Å². The molecule has 180 valence electrons. The van der Waals surface area contributed by atoms with Gasteiger partial charge in [0.2, 0.25) is 0 Å². The summed E-state index contributed by atoms with van der Waals surface area (Å²) in [4.78, 5) is 14.1. The average molecular weight is 481 g/mol. The predicted molar refractivity (Wildman–Crippen MR) is 126 cm³/mol. The van der Waals surface area contributed by atoms with Crippen LogP contribution in [0.3, 0.4) is 0 Å². The second kappa shape index (κ2) is 8.87. The van der Waals surface area contributed by atoms with Gasteiger partial charge in [0.05, 0.1) is 0 Å². The van der Waals surface area contributed by atoms with Gasteiger partial charge in [0.25, 0.3) is 11.8 Å². The summed E-state index contributed by atoms with van der Waals surface area (Å²) in [7, 11) is 0. The standard InChI is InChI=1S/C28H23F4NO2/c1-2-22-14-20-12-19(15-24(26(20)35-22)17-4-3-5-21(29)13-17)23-7-6-18(16-25(23)30)27(34)33-10-8-28(31,32)9-11-33/h3-7,12-16H,2,8-11H2,1H3. The molecule has 1 amide bonds. The van der Waals surface area contributed by atoms with Gasteiger partial charge in [-0.2, -0.15) is 0 Å². The quantitative estimate of drug-likeness (QED) is 0.283. The van der Waals surface area contributed by atoms with Crippen LogP contribution in [0.5, 0.6) is 0 Å². The Balaban J connectivity index is 1.53. The molecule has 1 aliphatic heterocycles. The fraction of sp³-hybridized carbons (Fsp3) is 0.250. The number of carbonyl (C=O) groups excluding carboxylic acids is 1. The van der Waals surface area contributed by atoms with Gasteiger partial charge in [0, 0.05) is 54.4 Å². The summed E-state index contributed by atoms with van der Waals surface area (Å²) < 4.78 is 62.1. The number of amides is 1. The number of hydrogen-bond acceptors (Lipinski definition) is 2. The van der Waals surface area contributed by atoms with Crippen LogP contribution in [-0.2, 0) is 6.42 Å². The molecular formula is C28H23F4NO2. The van der Waals surface area contributed by atoms with E-state index in [4.69, 9.17) is 4.42 Å². The van der Waals surface area contributed by atoms with E-state index in [0.717, 1.165) is 17.2 Å². The molecule has 0 atom stereocenters. The van der Waals surface area contributed by atoms with E-state index in [-0.39, 0.29) is 24.2 Å². The fourth-order valence-electron chi connectivity index (χ4n) is 4.51. The highest BCUT2D eigenvalue weighted by Gasteiger charge is 2.35. The minimum atomic E-state index is -2.77. The molecule has 0 unspecified atom stereocenters. The van der Waals surface area contributed by atoms with E-state index in [9.17, 15) is 18.0 Å². The number of hydrogen-bond donors (Lipinski definition) is 0. The van der Waals surface area contributed by atoms with E-state index in [1.807, 2.05) is 13.0 Å². The summed E-state index contributed by atoms with van der Waals surface area (Å²) >= 11 is 0. The smallest absolute Gasteiger partial charge is 0.253 e. The number of piperidine rings is 1. The molecule has 7 heteroatoms. The second-order valence-electron chi connectivity index (χ2n) is 8.86. The Hall–Kier alpha value is -3.61. The van der Waals surface area contributed by atoms with Crippen molar-refractivity contribution >= 4 is 16.9 Å². The monoisotopic (exact) mass is 481 g/mol. The number of alkyl halides is 2. The fourth-order valence-corrected chi connectivity index (χ4v) is 4.51. The molecule has 3 nitrogen and oxygen atoms in total. The van der Waals surface area contributed by atoms with Gasteiger partial charge in [0.15, 0.2) is 0 Å². The maximum Gasteiger partial charge on any atom is 0.253 e. The van der Waals surface area contributed by atoms with Crippen LogP contribution in [0.25, 0.3) is 33.2 Å². The van der Waals surface area contributed by atoms with Crippen molar-refractivity contribution in [1.29, 1.82) is 0 Å². The summed E-state index contributed by atoms with van der Waals surface area (Å²) in [5, 5.41) is 0.757. The first-order valence-corrected chi connectivity index (χ1v) is 11.5. The summed E-state index contributed by atoms with van der Waals surface area (Å²) in [5.74, 6) is -3.49. The van der Waals surface area contributed by atoms with Crippen molar-refractivity contribution in [3.63, 3.8) is 0 Å². The average Bonchev–Trinajstić information content (AvgIpc) is 3.26. The molecule has 1 aliphatic rings. The number of furan rings is 1. The maximum atomic E-state index is 15.3. The van der Waals surface area contributed by atoms with Crippen LogP contribution in [0.15, 0.2) is 65.1 Å². The first-order chi connectivity index (χ1) is 16.7. The highest BCUT2D eigenvalue weighted by atomic mass is 19.3. The predicted octanol–water partition coefficient (Wildman–Crippen LogP) is 7.48. The second-order valence-corrected chi connectivity index (χ2v) is 8.86. The number of likely N-dealkylation sites (tertiary alicyclic amines) is 1. The van der Waals surface area contributed by atoms with Crippen LogP contribution < -0.4 is 0 Å². The molecule has 3 aromatic carbocycles. The lowest BCUT2D eigenvalue weighted by atomic mass is 9.95. The molecule has 0 bridgehead atoms. The van der Waals surface area contributed by atoms with Crippen LogP contribution >= 0.6 is 0 Å². The largest absolute Gasteiger partial charge is 0.460 e. The number of benzene rings is 3. The highest BCUT2D eigenvalue weighted by Crippen LogP contribution is 2.37. The third-order valence-electron chi connectivity index (χ3n) is 6.46. The van der Waals surface area contributed by atoms with Crippen LogP contribution in [-0.4, -0.2) is 29.8 Å². The van der Waals surface area contributed by atoms with E-state index < -0.39 is 36.3 Å². The highest BCUT2D eigenvalue weighted by molar-refractivity contribution is 5.98. The number of rotatable bonds is 4. The Morgan fingerprint density at radius 3 is 2.40 bits per heavy atom. The normalized spacial score (nSPS) is 15.5. The number of halogens is 4. The van der Waals surface area contributed by atoms with Crippen molar-refractivity contribution in [2.24, 2.45) is 0 Å². The maximum absolute atomic E-state index is 15.3. The molecular weight excluding hydrogens is 458 g/mol. The van der Waals surface area contributed by atoms with Crippen LogP contribution in [0.1, 0.15) is 35.9 Å². The number of carbonyl (C=O) groups is 1. The Kier molecular flexibility index (Phi) is 5.87. The van der Waals surface area contributed by atoms with Crippen molar-refractivity contribution in [2.45, 2.75) is 32.1 Å². The Morgan fingerprint density at radius 2 is 1.71 bits per heavy atom. The van der Waals surface area contributed by atoms with Crippen molar-refractivity contribution in [3.05, 3.63) is 83.6 Å². The molecule has 4 aromatic rings. The number of fused-ring (bicyclic) bond motifs is 1. The zero-order valence-corrected chi connectivity index (χ0v) is 19.1. The van der Waals surface area contributed by atoms with Gasteiger partial charge >= 0.3 is 0 Å². The van der Waals surface area contributed by atoms with Gasteiger partial charge in [-0.3, -0.25) is 4.79 Å². The first-order valence-electron chi connectivity index (χ1n) is 11.5. The Bertz CT molecular complexity index is 1420. The lowest BCUT2D eigenvalue weighted by Gasteiger charge is -2.31. The summed E-state index contributed by atoms with van der Waals surface area (Å²) in [6.07, 6.45) is -0.126. The summed E-state index contributed by atoms with van der Waals surface area (Å²) in [5.41, 5.74) is 2.75. The van der Waals surface area contributed by atoms with Gasteiger partial charge in [-0.05, 0) is 53.6 Å². The van der Waals surface area contributed by atoms with Crippen LogP contribution in [0.4, 0.5) is 17.6 Å². The number of aryl methyl sites for hydroxylation is 1. The van der Waals surface area contributed by atoms with E-state index in [1.54, 1.807) is 24.3 Å². The number of nitrogens with zero attached hydrogens (tertiary/aromatic N) is 1. The summed E-state index contributed by atoms with van der Waals surface area (Å²) in [6, 6.07) is 15.7. The topological polar surface area (TPSA) is 33.5 Å². The molecule has 0 spiro atoms. The Labute approximate surface area is 200 Å². The molecule has 35 heavy (non-hydrogen) atoms. The van der Waals surface area contributed by atoms with Gasteiger partial charge in [0.1, 0.15) is 23.0 Å². The molecule has 0 N–H and O–H groups in total. The lowest BCUT2D eigenvalue weighted by molar-refractivity contribution is -0.0494. The van der Waals surface area contributed by atoms with Gasteiger partial charge in [-0.1, -0.05) is 25.1 Å². The SMILES string of the molecule is CCc1cc2cc(-c3ccc(C(=O)N4CCC(F)(F)CC4)cc3F)cc(-c3cccc(F)c3)c2o1. The van der Waals surface area contributed by atoms with E-state index in [0.29, 0.717) is 28.7 Å². The zero-order valence-electron chi connectivity index (χ0n) is 19.1. The van der Waals surface area contributed by atoms with Crippen molar-refractivity contribution < 1.29 is 26.8 Å². The molecule has 0 radical (unpaired) electrons.